The quantitative estimate of drug-likeness (QED) is 0.738. The zero-order valence-electron chi connectivity index (χ0n) is 13.5. The van der Waals surface area contributed by atoms with Crippen molar-refractivity contribution in [3.05, 3.63) is 57.7 Å². The topological polar surface area (TPSA) is 102 Å². The van der Waals surface area contributed by atoms with Crippen molar-refractivity contribution < 1.29 is 14.4 Å². The van der Waals surface area contributed by atoms with E-state index in [1.54, 1.807) is 30.3 Å². The third-order valence-corrected chi connectivity index (χ3v) is 4.80. The minimum Gasteiger partial charge on any atom is -0.369 e. The van der Waals surface area contributed by atoms with Crippen molar-refractivity contribution in [3.8, 4) is 0 Å². The highest BCUT2D eigenvalue weighted by Gasteiger charge is 2.47. The fraction of sp³-hybridized carbons (Fsp3) is 0.222. The summed E-state index contributed by atoms with van der Waals surface area (Å²) in [6.45, 7) is 0. The molecule has 1 saturated carbocycles. The normalized spacial score (nSPS) is 18.2. The predicted octanol–water partition coefficient (Wildman–Crippen LogP) is 2.87. The molecule has 2 amide bonds. The van der Waals surface area contributed by atoms with E-state index in [0.29, 0.717) is 17.8 Å². The molecular weight excluding hydrogens is 377 g/mol. The third-order valence-electron chi connectivity index (χ3n) is 4.17. The fourth-order valence-corrected chi connectivity index (χ4v) is 3.32. The molecule has 0 saturated heterocycles. The lowest BCUT2D eigenvalue weighted by Gasteiger charge is -2.08. The van der Waals surface area contributed by atoms with E-state index in [9.17, 15) is 14.4 Å². The van der Waals surface area contributed by atoms with Crippen LogP contribution in [0.4, 0.5) is 5.82 Å². The van der Waals surface area contributed by atoms with Gasteiger partial charge in [0.1, 0.15) is 5.82 Å². The van der Waals surface area contributed by atoms with Gasteiger partial charge >= 0.3 is 0 Å². The molecule has 2 aromatic rings. The summed E-state index contributed by atoms with van der Waals surface area (Å²) in [5, 5.41) is 3.22. The second-order valence-electron chi connectivity index (χ2n) is 6.09. The van der Waals surface area contributed by atoms with Crippen molar-refractivity contribution in [2.75, 3.05) is 5.32 Å². The van der Waals surface area contributed by atoms with Gasteiger partial charge in [0.05, 0.1) is 27.4 Å². The summed E-state index contributed by atoms with van der Waals surface area (Å²) < 4.78 is 0. The maximum atomic E-state index is 12.5. The van der Waals surface area contributed by atoms with Gasteiger partial charge in [-0.05, 0) is 36.2 Å². The number of carbonyl (C=O) groups is 3. The molecule has 8 heteroatoms. The highest BCUT2D eigenvalue weighted by molar-refractivity contribution is 6.39. The molecule has 3 rings (SSSR count). The zero-order chi connectivity index (χ0) is 18.8. The second-order valence-corrected chi connectivity index (χ2v) is 6.90. The minimum atomic E-state index is -0.478. The number of aromatic nitrogens is 1. The Kier molecular flexibility index (Phi) is 5.25. The number of ketones is 1. The van der Waals surface area contributed by atoms with Crippen molar-refractivity contribution in [3.63, 3.8) is 0 Å². The first-order chi connectivity index (χ1) is 12.4. The number of nitrogens with zero attached hydrogens (tertiary/aromatic N) is 1. The number of pyridine rings is 1. The van der Waals surface area contributed by atoms with Crippen LogP contribution in [0.1, 0.15) is 22.3 Å². The molecule has 1 heterocycles. The van der Waals surface area contributed by atoms with Crippen molar-refractivity contribution in [2.24, 2.45) is 17.6 Å². The van der Waals surface area contributed by atoms with Crippen molar-refractivity contribution >= 4 is 46.6 Å². The monoisotopic (exact) mass is 391 g/mol. The number of anilines is 1. The van der Waals surface area contributed by atoms with Gasteiger partial charge in [0.15, 0.2) is 5.78 Å². The van der Waals surface area contributed by atoms with Gasteiger partial charge in [-0.2, -0.15) is 0 Å². The first kappa shape index (κ1) is 18.4. The van der Waals surface area contributed by atoms with E-state index < -0.39 is 17.7 Å². The molecule has 0 spiro atoms. The summed E-state index contributed by atoms with van der Waals surface area (Å²) in [7, 11) is 0. The van der Waals surface area contributed by atoms with Crippen LogP contribution in [0.3, 0.4) is 0 Å². The second kappa shape index (κ2) is 7.43. The molecule has 1 fully saturated rings. The summed E-state index contributed by atoms with van der Waals surface area (Å²) in [6, 6.07) is 8.13. The SMILES string of the molecule is NC(=O)[C@@H]1C[C@H]1C(=O)Nc1cc(CC(=O)c2c(Cl)cccc2Cl)ccn1. The average molecular weight is 392 g/mol. The third kappa shape index (κ3) is 4.03. The molecule has 0 aliphatic heterocycles. The van der Waals surface area contributed by atoms with Crippen LogP contribution < -0.4 is 11.1 Å². The Balaban J connectivity index is 1.69. The van der Waals surface area contributed by atoms with E-state index in [-0.39, 0.29) is 33.7 Å². The highest BCUT2D eigenvalue weighted by atomic mass is 35.5. The molecule has 1 aromatic carbocycles. The van der Waals surface area contributed by atoms with Gasteiger partial charge in [-0.3, -0.25) is 14.4 Å². The van der Waals surface area contributed by atoms with Crippen molar-refractivity contribution in [1.29, 1.82) is 0 Å². The van der Waals surface area contributed by atoms with Crippen LogP contribution in [0.15, 0.2) is 36.5 Å². The molecular formula is C18H15Cl2N3O3. The maximum Gasteiger partial charge on any atom is 0.229 e. The lowest BCUT2D eigenvalue weighted by molar-refractivity contribution is -0.123. The lowest BCUT2D eigenvalue weighted by atomic mass is 10.0. The largest absolute Gasteiger partial charge is 0.369 e. The molecule has 0 unspecified atom stereocenters. The molecule has 26 heavy (non-hydrogen) atoms. The van der Waals surface area contributed by atoms with Crippen LogP contribution in [-0.2, 0) is 16.0 Å². The molecule has 1 aliphatic carbocycles. The van der Waals surface area contributed by atoms with E-state index >= 15 is 0 Å². The van der Waals surface area contributed by atoms with Gasteiger partial charge in [-0.25, -0.2) is 4.98 Å². The fourth-order valence-electron chi connectivity index (χ4n) is 2.71. The van der Waals surface area contributed by atoms with E-state index in [1.165, 1.54) is 6.20 Å². The van der Waals surface area contributed by atoms with Crippen LogP contribution in [0.25, 0.3) is 0 Å². The number of rotatable bonds is 6. The number of Topliss-reactive ketones (excluding diaryl/α,β-unsaturated/α-hetero) is 1. The Hall–Kier alpha value is -2.44. The first-order valence-corrected chi connectivity index (χ1v) is 8.64. The summed E-state index contributed by atoms with van der Waals surface area (Å²) in [6.07, 6.45) is 2.00. The van der Waals surface area contributed by atoms with E-state index in [1.807, 2.05) is 0 Å². The average Bonchev–Trinajstić information content (AvgIpc) is 3.36. The Morgan fingerprint density at radius 3 is 2.46 bits per heavy atom. The first-order valence-electron chi connectivity index (χ1n) is 7.89. The predicted molar refractivity (Wildman–Crippen MR) is 98.2 cm³/mol. The number of primary amides is 1. The van der Waals surface area contributed by atoms with E-state index in [2.05, 4.69) is 10.3 Å². The molecule has 6 nitrogen and oxygen atoms in total. The number of halogens is 2. The van der Waals surface area contributed by atoms with Crippen LogP contribution in [0.5, 0.6) is 0 Å². The summed E-state index contributed by atoms with van der Waals surface area (Å²) >= 11 is 12.1. The number of nitrogens with two attached hydrogens (primary N) is 1. The Morgan fingerprint density at radius 1 is 1.15 bits per heavy atom. The number of benzene rings is 1. The van der Waals surface area contributed by atoms with Crippen LogP contribution in [-0.4, -0.2) is 22.6 Å². The molecule has 0 radical (unpaired) electrons. The van der Waals surface area contributed by atoms with E-state index in [0.717, 1.165) is 0 Å². The molecule has 134 valence electrons. The van der Waals surface area contributed by atoms with Crippen LogP contribution in [0.2, 0.25) is 10.0 Å². The summed E-state index contributed by atoms with van der Waals surface area (Å²) in [4.78, 5) is 39.7. The zero-order valence-corrected chi connectivity index (χ0v) is 15.1. The number of nitrogens with one attached hydrogen (secondary N) is 1. The summed E-state index contributed by atoms with van der Waals surface area (Å²) in [5.74, 6) is -1.54. The van der Waals surface area contributed by atoms with Gasteiger partial charge in [0.25, 0.3) is 0 Å². The van der Waals surface area contributed by atoms with Gasteiger partial charge < -0.3 is 11.1 Å². The van der Waals surface area contributed by atoms with Crippen LogP contribution >= 0.6 is 23.2 Å². The van der Waals surface area contributed by atoms with Crippen molar-refractivity contribution in [2.45, 2.75) is 12.8 Å². The Labute approximate surface area is 159 Å². The molecule has 3 N–H and O–H groups in total. The Bertz CT molecular complexity index is 881. The minimum absolute atomic E-state index is 0.0577. The maximum absolute atomic E-state index is 12.5. The standard InChI is InChI=1S/C18H15Cl2N3O3/c19-12-2-1-3-13(20)16(12)14(24)6-9-4-5-22-15(7-9)23-18(26)11-8-10(11)17(21)25/h1-5,7,10-11H,6,8H2,(H2,21,25)(H,22,23,26)/t10-,11-/m1/s1. The van der Waals surface area contributed by atoms with Crippen molar-refractivity contribution in [1.82, 2.24) is 4.98 Å². The van der Waals surface area contributed by atoms with Gasteiger partial charge in [0, 0.05) is 12.6 Å². The smallest absolute Gasteiger partial charge is 0.229 e. The van der Waals surface area contributed by atoms with Gasteiger partial charge in [0.2, 0.25) is 11.8 Å². The molecule has 1 aliphatic rings. The van der Waals surface area contributed by atoms with Gasteiger partial charge in [-0.15, -0.1) is 0 Å². The Morgan fingerprint density at radius 2 is 1.85 bits per heavy atom. The highest BCUT2D eigenvalue weighted by Crippen LogP contribution is 2.38. The molecule has 1 aromatic heterocycles. The van der Waals surface area contributed by atoms with Gasteiger partial charge in [-0.1, -0.05) is 29.3 Å². The lowest BCUT2D eigenvalue weighted by Crippen LogP contribution is -2.21. The van der Waals surface area contributed by atoms with E-state index in [4.69, 9.17) is 28.9 Å². The number of hydrogen-bond donors (Lipinski definition) is 2. The molecule has 0 bridgehead atoms. The number of amides is 2. The number of carbonyl (C=O) groups excluding carboxylic acids is 3. The summed E-state index contributed by atoms with van der Waals surface area (Å²) in [5.41, 5.74) is 6.10. The number of hydrogen-bond acceptors (Lipinski definition) is 4. The molecule has 2 atom stereocenters. The van der Waals surface area contributed by atoms with Crippen LogP contribution in [0, 0.1) is 11.8 Å².